The molecule has 0 aliphatic heterocycles. The summed E-state index contributed by atoms with van der Waals surface area (Å²) >= 11 is 0. The van der Waals surface area contributed by atoms with E-state index in [2.05, 4.69) is 39.0 Å². The van der Waals surface area contributed by atoms with Crippen LogP contribution in [-0.4, -0.2) is 13.1 Å². The lowest BCUT2D eigenvalue weighted by molar-refractivity contribution is -0.137. The zero-order chi connectivity index (χ0) is 15.5. The average Bonchev–Trinajstić information content (AvgIpc) is 2.78. The zero-order valence-electron chi connectivity index (χ0n) is 13.9. The average molecular weight is 288 g/mol. The van der Waals surface area contributed by atoms with E-state index < -0.39 is 0 Å². The van der Waals surface area contributed by atoms with Gasteiger partial charge in [0.1, 0.15) is 0 Å². The molecule has 0 unspecified atom stereocenters. The Kier molecular flexibility index (Phi) is 5.08. The molecule has 2 rings (SSSR count). The van der Waals surface area contributed by atoms with Gasteiger partial charge in [-0.2, -0.15) is 0 Å². The van der Waals surface area contributed by atoms with Gasteiger partial charge in [-0.25, -0.2) is 4.79 Å². The van der Waals surface area contributed by atoms with E-state index in [1.807, 2.05) is 0 Å². The number of esters is 1. The molecule has 0 fully saturated rings. The van der Waals surface area contributed by atoms with Gasteiger partial charge in [0.25, 0.3) is 0 Å². The SMILES string of the molecule is COC(=O)C1=CC[C@@]2(C)C/C=C(\C)CC/C=C(\C)CC[C@H]12. The Labute approximate surface area is 129 Å². The summed E-state index contributed by atoms with van der Waals surface area (Å²) in [6, 6.07) is 0. The molecule has 21 heavy (non-hydrogen) atoms. The summed E-state index contributed by atoms with van der Waals surface area (Å²) in [6.45, 7) is 6.76. The van der Waals surface area contributed by atoms with Crippen LogP contribution in [0.1, 0.15) is 59.3 Å². The molecule has 2 nitrogen and oxygen atoms in total. The summed E-state index contributed by atoms with van der Waals surface area (Å²) in [5.74, 6) is 0.177. The minimum atomic E-state index is -0.138. The van der Waals surface area contributed by atoms with E-state index in [9.17, 15) is 4.79 Å². The second-order valence-electron chi connectivity index (χ2n) is 6.94. The van der Waals surface area contributed by atoms with Crippen LogP contribution in [0.5, 0.6) is 0 Å². The predicted octanol–water partition coefficient (Wildman–Crippen LogP) is 4.97. The highest BCUT2D eigenvalue weighted by Gasteiger charge is 2.42. The van der Waals surface area contributed by atoms with Crippen LogP contribution < -0.4 is 0 Å². The molecule has 0 bridgehead atoms. The minimum Gasteiger partial charge on any atom is -0.466 e. The van der Waals surface area contributed by atoms with Gasteiger partial charge in [-0.05, 0) is 63.7 Å². The summed E-state index contributed by atoms with van der Waals surface area (Å²) in [6.07, 6.45) is 13.3. The fourth-order valence-corrected chi connectivity index (χ4v) is 3.61. The number of carbonyl (C=O) groups excluding carboxylic acids is 1. The fraction of sp³-hybridized carbons (Fsp3) is 0.632. The summed E-state index contributed by atoms with van der Waals surface area (Å²) < 4.78 is 4.99. The highest BCUT2D eigenvalue weighted by atomic mass is 16.5. The molecule has 0 aromatic heterocycles. The Morgan fingerprint density at radius 1 is 1.14 bits per heavy atom. The van der Waals surface area contributed by atoms with Crippen LogP contribution in [-0.2, 0) is 9.53 Å². The maximum absolute atomic E-state index is 12.1. The first-order valence-electron chi connectivity index (χ1n) is 8.06. The molecule has 2 aliphatic rings. The number of hydrogen-bond acceptors (Lipinski definition) is 2. The molecule has 2 aliphatic carbocycles. The van der Waals surface area contributed by atoms with Gasteiger partial charge in [0.2, 0.25) is 0 Å². The van der Waals surface area contributed by atoms with Crippen molar-refractivity contribution >= 4 is 5.97 Å². The molecule has 2 atom stereocenters. The van der Waals surface area contributed by atoms with Gasteiger partial charge in [-0.15, -0.1) is 0 Å². The Morgan fingerprint density at radius 3 is 2.52 bits per heavy atom. The minimum absolute atomic E-state index is 0.138. The highest BCUT2D eigenvalue weighted by Crippen LogP contribution is 2.49. The Hall–Kier alpha value is -1.31. The lowest BCUT2D eigenvalue weighted by atomic mass is 9.71. The fourth-order valence-electron chi connectivity index (χ4n) is 3.61. The maximum Gasteiger partial charge on any atom is 0.333 e. The molecule has 0 aromatic rings. The smallest absolute Gasteiger partial charge is 0.333 e. The van der Waals surface area contributed by atoms with Crippen LogP contribution >= 0.6 is 0 Å². The molecule has 0 saturated carbocycles. The monoisotopic (exact) mass is 288 g/mol. The van der Waals surface area contributed by atoms with E-state index in [-0.39, 0.29) is 11.4 Å². The van der Waals surface area contributed by atoms with Gasteiger partial charge in [0.05, 0.1) is 7.11 Å². The molecular weight excluding hydrogens is 260 g/mol. The summed E-state index contributed by atoms with van der Waals surface area (Å²) in [5.41, 5.74) is 3.98. The predicted molar refractivity (Wildman–Crippen MR) is 86.9 cm³/mol. The van der Waals surface area contributed by atoms with Crippen LogP contribution in [0.3, 0.4) is 0 Å². The lowest BCUT2D eigenvalue weighted by Gasteiger charge is -2.32. The molecular formula is C19H28O2. The first kappa shape index (κ1) is 16.1. The van der Waals surface area contributed by atoms with Crippen LogP contribution in [0.4, 0.5) is 0 Å². The number of rotatable bonds is 1. The molecule has 116 valence electrons. The molecule has 2 heteroatoms. The molecule has 0 spiro atoms. The Balaban J connectivity index is 2.28. The van der Waals surface area contributed by atoms with Crippen molar-refractivity contribution in [3.05, 3.63) is 34.9 Å². The number of allylic oxidation sites excluding steroid dienone is 5. The van der Waals surface area contributed by atoms with E-state index >= 15 is 0 Å². The van der Waals surface area contributed by atoms with Crippen molar-refractivity contribution in [2.45, 2.75) is 59.3 Å². The van der Waals surface area contributed by atoms with Gasteiger partial charge in [-0.1, -0.05) is 36.3 Å². The third kappa shape index (κ3) is 3.66. The molecule has 0 amide bonds. The molecule has 0 radical (unpaired) electrons. The first-order valence-corrected chi connectivity index (χ1v) is 8.06. The number of methoxy groups -OCH3 is 1. The number of carbonyl (C=O) groups is 1. The van der Waals surface area contributed by atoms with Gasteiger partial charge in [0.15, 0.2) is 0 Å². The normalized spacial score (nSPS) is 35.4. The first-order chi connectivity index (χ1) is 9.96. The number of hydrogen-bond donors (Lipinski definition) is 0. The van der Waals surface area contributed by atoms with E-state index in [4.69, 9.17) is 4.74 Å². The third-order valence-electron chi connectivity index (χ3n) is 5.20. The van der Waals surface area contributed by atoms with E-state index in [1.165, 1.54) is 18.3 Å². The van der Waals surface area contributed by atoms with E-state index in [0.717, 1.165) is 44.1 Å². The summed E-state index contributed by atoms with van der Waals surface area (Å²) in [7, 11) is 1.49. The molecule has 0 saturated heterocycles. The van der Waals surface area contributed by atoms with Crippen LogP contribution in [0.15, 0.2) is 34.9 Å². The topological polar surface area (TPSA) is 26.3 Å². The van der Waals surface area contributed by atoms with Crippen molar-refractivity contribution in [2.24, 2.45) is 11.3 Å². The largest absolute Gasteiger partial charge is 0.466 e. The molecule has 0 N–H and O–H groups in total. The summed E-state index contributed by atoms with van der Waals surface area (Å²) in [5, 5.41) is 0. The Bertz CT molecular complexity index is 496. The zero-order valence-corrected chi connectivity index (χ0v) is 13.9. The van der Waals surface area contributed by atoms with Gasteiger partial charge >= 0.3 is 5.97 Å². The second kappa shape index (κ2) is 6.64. The van der Waals surface area contributed by atoms with E-state index in [0.29, 0.717) is 5.92 Å². The molecule has 0 aromatic carbocycles. The lowest BCUT2D eigenvalue weighted by Crippen LogP contribution is -2.26. The third-order valence-corrected chi connectivity index (χ3v) is 5.20. The van der Waals surface area contributed by atoms with Crippen LogP contribution in [0.2, 0.25) is 0 Å². The van der Waals surface area contributed by atoms with Crippen LogP contribution in [0, 0.1) is 11.3 Å². The van der Waals surface area contributed by atoms with E-state index in [1.54, 1.807) is 0 Å². The number of fused-ring (bicyclic) bond motifs is 1. The van der Waals surface area contributed by atoms with Crippen molar-refractivity contribution in [2.75, 3.05) is 7.11 Å². The van der Waals surface area contributed by atoms with Gasteiger partial charge in [-0.3, -0.25) is 0 Å². The van der Waals surface area contributed by atoms with Crippen molar-refractivity contribution in [1.82, 2.24) is 0 Å². The summed E-state index contributed by atoms with van der Waals surface area (Å²) in [4.78, 5) is 12.1. The second-order valence-corrected chi connectivity index (χ2v) is 6.94. The van der Waals surface area contributed by atoms with Gasteiger partial charge in [0, 0.05) is 5.57 Å². The maximum atomic E-state index is 12.1. The van der Waals surface area contributed by atoms with Gasteiger partial charge < -0.3 is 4.74 Å². The van der Waals surface area contributed by atoms with Crippen molar-refractivity contribution in [1.29, 1.82) is 0 Å². The van der Waals surface area contributed by atoms with Crippen LogP contribution in [0.25, 0.3) is 0 Å². The Morgan fingerprint density at radius 2 is 1.81 bits per heavy atom. The number of ether oxygens (including phenoxy) is 1. The highest BCUT2D eigenvalue weighted by molar-refractivity contribution is 5.89. The quantitative estimate of drug-likeness (QED) is 0.503. The van der Waals surface area contributed by atoms with Crippen molar-refractivity contribution in [3.8, 4) is 0 Å². The van der Waals surface area contributed by atoms with Crippen molar-refractivity contribution in [3.63, 3.8) is 0 Å². The van der Waals surface area contributed by atoms with Crippen molar-refractivity contribution < 1.29 is 9.53 Å². The standard InChI is InChI=1S/C19H28O2/c1-14-6-5-7-15(2)10-12-19(3)13-11-16(18(20)21-4)17(19)9-8-14/h6,10-11,17H,5,7-9,12-13H2,1-4H3/b14-6+,15-10+/t17-,19-/m1/s1. The molecule has 0 heterocycles.